The molecule has 2 unspecified atom stereocenters. The second-order valence-electron chi connectivity index (χ2n) is 10.1. The minimum Gasteiger partial charge on any atom is -0.481 e. The van der Waals surface area contributed by atoms with Crippen molar-refractivity contribution in [1.29, 1.82) is 0 Å². The maximum atomic E-state index is 12.1. The number of rotatable bonds is 1. The smallest absolute Gasteiger partial charge is 0.309 e. The first-order valence-corrected chi connectivity index (χ1v) is 9.58. The largest absolute Gasteiger partial charge is 0.481 e. The van der Waals surface area contributed by atoms with Crippen molar-refractivity contribution < 1.29 is 9.90 Å². The van der Waals surface area contributed by atoms with Crippen molar-refractivity contribution >= 4 is 5.97 Å². The molecule has 0 aromatic carbocycles. The van der Waals surface area contributed by atoms with Crippen LogP contribution in [-0.2, 0) is 4.79 Å². The number of carbonyl (C=O) groups is 1. The summed E-state index contributed by atoms with van der Waals surface area (Å²) in [6.07, 6.45) is 10.6. The number of hydrogen-bond donors (Lipinski definition) is 1. The third kappa shape index (κ3) is 1.79. The van der Waals surface area contributed by atoms with E-state index in [-0.39, 0.29) is 5.41 Å². The average Bonchev–Trinajstić information content (AvgIpc) is 2.63. The second kappa shape index (κ2) is 4.43. The lowest BCUT2D eigenvalue weighted by molar-refractivity contribution is -0.182. The van der Waals surface area contributed by atoms with E-state index in [0.717, 1.165) is 19.3 Å². The molecule has 4 rings (SSSR count). The summed E-state index contributed by atoms with van der Waals surface area (Å²) in [5, 5.41) is 9.95. The fourth-order valence-electron chi connectivity index (χ4n) is 7.93. The van der Waals surface area contributed by atoms with Crippen molar-refractivity contribution in [2.45, 2.75) is 78.6 Å². The minimum atomic E-state index is -0.555. The molecule has 23 heavy (non-hydrogen) atoms. The number of aliphatic carboxylic acids is 1. The highest BCUT2D eigenvalue weighted by atomic mass is 16.4. The summed E-state index contributed by atoms with van der Waals surface area (Å²) < 4.78 is 0. The molecule has 0 aromatic rings. The molecule has 0 aliphatic heterocycles. The first-order valence-electron chi connectivity index (χ1n) is 9.58. The molecule has 0 heterocycles. The van der Waals surface area contributed by atoms with E-state index in [4.69, 9.17) is 0 Å². The first-order chi connectivity index (χ1) is 10.7. The van der Waals surface area contributed by atoms with E-state index in [1.165, 1.54) is 44.1 Å². The van der Waals surface area contributed by atoms with E-state index in [2.05, 4.69) is 20.4 Å². The van der Waals surface area contributed by atoms with Crippen molar-refractivity contribution in [1.82, 2.24) is 0 Å². The van der Waals surface area contributed by atoms with E-state index < -0.39 is 11.4 Å². The van der Waals surface area contributed by atoms with E-state index in [1.54, 1.807) is 0 Å². The summed E-state index contributed by atoms with van der Waals surface area (Å²) in [5.74, 6) is 0.510. The van der Waals surface area contributed by atoms with Gasteiger partial charge in [-0.3, -0.25) is 4.79 Å². The monoisotopic (exact) mass is 316 g/mol. The number of carboxylic acids is 1. The summed E-state index contributed by atoms with van der Waals surface area (Å²) in [4.78, 5) is 12.1. The number of hydrogen-bond acceptors (Lipinski definition) is 1. The van der Waals surface area contributed by atoms with Gasteiger partial charge < -0.3 is 5.11 Å². The summed E-state index contributed by atoms with van der Waals surface area (Å²) in [6.45, 7) is 11.4. The quantitative estimate of drug-likeness (QED) is 0.655. The molecule has 2 nitrogen and oxygen atoms in total. The van der Waals surface area contributed by atoms with Gasteiger partial charge in [0.1, 0.15) is 0 Å². The molecule has 4 saturated carbocycles. The molecule has 2 bridgehead atoms. The lowest BCUT2D eigenvalue weighted by Gasteiger charge is -2.63. The third-order valence-corrected chi connectivity index (χ3v) is 9.08. The summed E-state index contributed by atoms with van der Waals surface area (Å²) in [7, 11) is 0. The molecule has 0 amide bonds. The van der Waals surface area contributed by atoms with Gasteiger partial charge in [0.25, 0.3) is 0 Å². The Morgan fingerprint density at radius 1 is 1.09 bits per heavy atom. The Kier molecular flexibility index (Phi) is 3.03. The topological polar surface area (TPSA) is 37.3 Å². The van der Waals surface area contributed by atoms with Crippen molar-refractivity contribution in [3.63, 3.8) is 0 Å². The van der Waals surface area contributed by atoms with Crippen molar-refractivity contribution in [3.05, 3.63) is 12.2 Å². The van der Waals surface area contributed by atoms with Crippen molar-refractivity contribution in [2.75, 3.05) is 0 Å². The van der Waals surface area contributed by atoms with Gasteiger partial charge in [-0.15, -0.1) is 0 Å². The molecule has 4 aliphatic rings. The van der Waals surface area contributed by atoms with Gasteiger partial charge in [0.15, 0.2) is 0 Å². The van der Waals surface area contributed by atoms with E-state index >= 15 is 0 Å². The fraction of sp³-hybridized carbons (Fsp3) is 0.857. The van der Waals surface area contributed by atoms with Gasteiger partial charge in [-0.1, -0.05) is 32.4 Å². The lowest BCUT2D eigenvalue weighted by atomic mass is 9.40. The van der Waals surface area contributed by atoms with Crippen LogP contribution in [0.1, 0.15) is 78.6 Å². The van der Waals surface area contributed by atoms with Gasteiger partial charge >= 0.3 is 5.97 Å². The zero-order valence-electron chi connectivity index (χ0n) is 15.1. The Morgan fingerprint density at radius 2 is 1.78 bits per heavy atom. The van der Waals surface area contributed by atoms with Crippen LogP contribution in [-0.4, -0.2) is 11.1 Å². The van der Waals surface area contributed by atoms with E-state index in [0.29, 0.717) is 22.7 Å². The second-order valence-corrected chi connectivity index (χ2v) is 10.1. The molecule has 0 saturated heterocycles. The van der Waals surface area contributed by atoms with Crippen LogP contribution in [0.25, 0.3) is 0 Å². The molecule has 1 spiro atoms. The highest BCUT2D eigenvalue weighted by Gasteiger charge is 2.66. The number of fused-ring (bicyclic) bond motifs is 3. The highest BCUT2D eigenvalue weighted by molar-refractivity contribution is 5.75. The normalized spacial score (nSPS) is 55.2. The van der Waals surface area contributed by atoms with Crippen LogP contribution in [0.3, 0.4) is 0 Å². The van der Waals surface area contributed by atoms with Crippen LogP contribution in [0.2, 0.25) is 0 Å². The molecular formula is C21H32O2. The van der Waals surface area contributed by atoms with Crippen LogP contribution < -0.4 is 0 Å². The van der Waals surface area contributed by atoms with Gasteiger partial charge in [0.05, 0.1) is 5.41 Å². The minimum absolute atomic E-state index is 0.218. The Hall–Kier alpha value is -0.790. The maximum Gasteiger partial charge on any atom is 0.309 e. The van der Waals surface area contributed by atoms with Gasteiger partial charge in [0.2, 0.25) is 0 Å². The fourth-order valence-corrected chi connectivity index (χ4v) is 7.93. The molecule has 2 heteroatoms. The molecule has 1 N–H and O–H groups in total. The number of allylic oxidation sites excluding steroid dienone is 1. The third-order valence-electron chi connectivity index (χ3n) is 9.08. The Morgan fingerprint density at radius 3 is 2.48 bits per heavy atom. The standard InChI is InChI=1S/C21H32O2/c1-14-12-21-11-7-15-19(3,8-5-9-20(15,4)17(22)23)16(21)6-10-18(14,2)13-21/h15-16H,1,5-13H2,2-4H3,(H,22,23)/t15?,16?,18-,19+,20+,21-/m0/s1. The molecule has 4 fully saturated rings. The molecule has 0 aromatic heterocycles. The average molecular weight is 316 g/mol. The lowest BCUT2D eigenvalue weighted by Crippen LogP contribution is -2.58. The Balaban J connectivity index is 1.76. The summed E-state index contributed by atoms with van der Waals surface area (Å²) in [6, 6.07) is 0. The highest BCUT2D eigenvalue weighted by Crippen LogP contribution is 2.74. The predicted octanol–water partition coefficient (Wildman–Crippen LogP) is 5.43. The van der Waals surface area contributed by atoms with Crippen molar-refractivity contribution in [2.24, 2.45) is 33.5 Å². The zero-order valence-corrected chi connectivity index (χ0v) is 15.1. The van der Waals surface area contributed by atoms with Crippen LogP contribution in [0.5, 0.6) is 0 Å². The van der Waals surface area contributed by atoms with Crippen LogP contribution >= 0.6 is 0 Å². The van der Waals surface area contributed by atoms with E-state index in [1.807, 2.05) is 6.92 Å². The molecule has 6 atom stereocenters. The number of carboxylic acid groups (broad SMARTS) is 1. The van der Waals surface area contributed by atoms with Gasteiger partial charge in [-0.05, 0) is 86.4 Å². The molecular weight excluding hydrogens is 284 g/mol. The van der Waals surface area contributed by atoms with Crippen molar-refractivity contribution in [3.8, 4) is 0 Å². The Bertz CT molecular complexity index is 580. The molecule has 128 valence electrons. The van der Waals surface area contributed by atoms with Gasteiger partial charge in [-0.2, -0.15) is 0 Å². The predicted molar refractivity (Wildman–Crippen MR) is 92.1 cm³/mol. The van der Waals surface area contributed by atoms with E-state index in [9.17, 15) is 9.90 Å². The summed E-state index contributed by atoms with van der Waals surface area (Å²) >= 11 is 0. The first kappa shape index (κ1) is 15.7. The SMILES string of the molecule is C=C1C[C@]23CCC4[C@@](C)(CCC[C@@]4(C)C(=O)O)C2CC[C@@]1(C)C3. The molecule has 0 radical (unpaired) electrons. The maximum absolute atomic E-state index is 12.1. The van der Waals surface area contributed by atoms with Gasteiger partial charge in [-0.25, -0.2) is 0 Å². The van der Waals surface area contributed by atoms with Crippen LogP contribution in [0, 0.1) is 33.5 Å². The van der Waals surface area contributed by atoms with Gasteiger partial charge in [0, 0.05) is 0 Å². The Labute approximate surface area is 140 Å². The van der Waals surface area contributed by atoms with Crippen LogP contribution in [0.4, 0.5) is 0 Å². The molecule has 4 aliphatic carbocycles. The summed E-state index contributed by atoms with van der Waals surface area (Å²) in [5.41, 5.74) is 2.00. The van der Waals surface area contributed by atoms with Crippen LogP contribution in [0.15, 0.2) is 12.2 Å². The zero-order chi connectivity index (χ0) is 16.7.